The molecule has 1 aliphatic heterocycles. The summed E-state index contributed by atoms with van der Waals surface area (Å²) >= 11 is 1.81. The SMILES string of the molecule is CC(CN(C)c1cccs1)N1CCNCC1. The number of hydrogen-bond donors (Lipinski definition) is 1. The smallest absolute Gasteiger partial charge is 0.0906 e. The molecule has 16 heavy (non-hydrogen) atoms. The highest BCUT2D eigenvalue weighted by Crippen LogP contribution is 2.20. The molecule has 0 aromatic carbocycles. The highest BCUT2D eigenvalue weighted by molar-refractivity contribution is 7.14. The monoisotopic (exact) mass is 239 g/mol. The Morgan fingerprint density at radius 2 is 2.25 bits per heavy atom. The molecule has 1 N–H and O–H groups in total. The van der Waals surface area contributed by atoms with Crippen molar-refractivity contribution in [3.63, 3.8) is 0 Å². The van der Waals surface area contributed by atoms with Gasteiger partial charge in [-0.1, -0.05) is 0 Å². The van der Waals surface area contributed by atoms with E-state index >= 15 is 0 Å². The Morgan fingerprint density at radius 3 is 2.88 bits per heavy atom. The van der Waals surface area contributed by atoms with Crippen molar-refractivity contribution in [1.82, 2.24) is 10.2 Å². The third kappa shape index (κ3) is 2.97. The van der Waals surface area contributed by atoms with E-state index in [0.717, 1.165) is 19.6 Å². The van der Waals surface area contributed by atoms with Crippen molar-refractivity contribution in [2.45, 2.75) is 13.0 Å². The Balaban J connectivity index is 1.84. The minimum absolute atomic E-state index is 0.634. The summed E-state index contributed by atoms with van der Waals surface area (Å²) in [5.74, 6) is 0. The Hall–Kier alpha value is -0.580. The highest BCUT2D eigenvalue weighted by atomic mass is 32.1. The Labute approximate surface area is 102 Å². The first-order valence-electron chi connectivity index (χ1n) is 5.97. The van der Waals surface area contributed by atoms with E-state index in [4.69, 9.17) is 0 Å². The fraction of sp³-hybridized carbons (Fsp3) is 0.667. The Bertz CT molecular complexity index is 293. The molecule has 1 aromatic heterocycles. The van der Waals surface area contributed by atoms with Gasteiger partial charge in [0.05, 0.1) is 5.00 Å². The molecular formula is C12H21N3S. The van der Waals surface area contributed by atoms with Gasteiger partial charge in [-0.05, 0) is 24.4 Å². The Kier molecular flexibility index (Phi) is 4.21. The van der Waals surface area contributed by atoms with E-state index in [9.17, 15) is 0 Å². The molecule has 0 saturated carbocycles. The molecule has 0 radical (unpaired) electrons. The maximum absolute atomic E-state index is 3.40. The zero-order valence-electron chi connectivity index (χ0n) is 10.1. The van der Waals surface area contributed by atoms with Gasteiger partial charge in [0.25, 0.3) is 0 Å². The summed E-state index contributed by atoms with van der Waals surface area (Å²) in [5, 5.41) is 6.90. The van der Waals surface area contributed by atoms with Gasteiger partial charge in [-0.2, -0.15) is 0 Å². The van der Waals surface area contributed by atoms with Crippen LogP contribution in [0.2, 0.25) is 0 Å². The average molecular weight is 239 g/mol. The molecule has 1 aromatic rings. The molecule has 0 aliphatic carbocycles. The zero-order chi connectivity index (χ0) is 11.4. The zero-order valence-corrected chi connectivity index (χ0v) is 11.0. The third-order valence-corrected chi connectivity index (χ3v) is 4.18. The number of nitrogens with one attached hydrogen (secondary N) is 1. The van der Waals surface area contributed by atoms with Gasteiger partial charge in [0.2, 0.25) is 0 Å². The van der Waals surface area contributed by atoms with E-state index in [0.29, 0.717) is 6.04 Å². The second-order valence-corrected chi connectivity index (χ2v) is 5.39. The fourth-order valence-electron chi connectivity index (χ4n) is 2.21. The van der Waals surface area contributed by atoms with Crippen LogP contribution in [-0.4, -0.2) is 50.7 Å². The van der Waals surface area contributed by atoms with Crippen LogP contribution in [0.1, 0.15) is 6.92 Å². The molecule has 0 bridgehead atoms. The van der Waals surface area contributed by atoms with Gasteiger partial charge in [-0.15, -0.1) is 11.3 Å². The molecule has 1 saturated heterocycles. The minimum Gasteiger partial charge on any atom is -0.365 e. The van der Waals surface area contributed by atoms with Crippen LogP contribution < -0.4 is 10.2 Å². The number of thiophene rings is 1. The van der Waals surface area contributed by atoms with E-state index in [1.807, 2.05) is 11.3 Å². The van der Waals surface area contributed by atoms with Crippen molar-refractivity contribution in [3.05, 3.63) is 17.5 Å². The van der Waals surface area contributed by atoms with Crippen molar-refractivity contribution in [3.8, 4) is 0 Å². The van der Waals surface area contributed by atoms with Crippen LogP contribution in [0.15, 0.2) is 17.5 Å². The minimum atomic E-state index is 0.634. The molecule has 1 atom stereocenters. The van der Waals surface area contributed by atoms with Crippen molar-refractivity contribution >= 4 is 16.3 Å². The number of rotatable bonds is 4. The highest BCUT2D eigenvalue weighted by Gasteiger charge is 2.17. The fourth-order valence-corrected chi connectivity index (χ4v) is 2.92. The van der Waals surface area contributed by atoms with Crippen LogP contribution in [0.25, 0.3) is 0 Å². The molecule has 1 fully saturated rings. The maximum atomic E-state index is 3.40. The lowest BCUT2D eigenvalue weighted by atomic mass is 10.2. The van der Waals surface area contributed by atoms with Gasteiger partial charge in [-0.3, -0.25) is 4.90 Å². The summed E-state index contributed by atoms with van der Waals surface area (Å²) in [7, 11) is 2.19. The van der Waals surface area contributed by atoms with E-state index in [1.165, 1.54) is 18.1 Å². The van der Waals surface area contributed by atoms with Crippen molar-refractivity contribution < 1.29 is 0 Å². The molecule has 1 unspecified atom stereocenters. The van der Waals surface area contributed by atoms with Gasteiger partial charge in [0, 0.05) is 45.8 Å². The molecule has 4 heteroatoms. The lowest BCUT2D eigenvalue weighted by molar-refractivity contribution is 0.187. The third-order valence-electron chi connectivity index (χ3n) is 3.20. The Morgan fingerprint density at radius 1 is 1.50 bits per heavy atom. The first-order valence-corrected chi connectivity index (χ1v) is 6.85. The number of piperazine rings is 1. The topological polar surface area (TPSA) is 18.5 Å². The summed E-state index contributed by atoms with van der Waals surface area (Å²) in [6.07, 6.45) is 0. The number of anilines is 1. The second-order valence-electron chi connectivity index (χ2n) is 4.47. The van der Waals surface area contributed by atoms with E-state index in [1.54, 1.807) is 0 Å². The first kappa shape index (κ1) is 11.9. The van der Waals surface area contributed by atoms with Gasteiger partial charge < -0.3 is 10.2 Å². The molecule has 2 rings (SSSR count). The van der Waals surface area contributed by atoms with Gasteiger partial charge in [0.1, 0.15) is 0 Å². The van der Waals surface area contributed by atoms with Crippen LogP contribution in [0.5, 0.6) is 0 Å². The normalized spacial score (nSPS) is 19.6. The van der Waals surface area contributed by atoms with Crippen LogP contribution >= 0.6 is 11.3 Å². The average Bonchev–Trinajstić information content (AvgIpc) is 2.83. The first-order chi connectivity index (χ1) is 7.77. The molecule has 90 valence electrons. The molecule has 0 amide bonds. The van der Waals surface area contributed by atoms with Gasteiger partial charge in [0.15, 0.2) is 0 Å². The van der Waals surface area contributed by atoms with E-state index < -0.39 is 0 Å². The quantitative estimate of drug-likeness (QED) is 0.858. The second kappa shape index (κ2) is 5.66. The molecule has 0 spiro atoms. The predicted octanol–water partition coefficient (Wildman–Crippen LogP) is 1.48. The van der Waals surface area contributed by atoms with E-state index in [-0.39, 0.29) is 0 Å². The van der Waals surface area contributed by atoms with Crippen molar-refractivity contribution in [2.75, 3.05) is 44.7 Å². The number of likely N-dealkylation sites (N-methyl/N-ethyl adjacent to an activating group) is 1. The summed E-state index contributed by atoms with van der Waals surface area (Å²) in [6.45, 7) is 8.06. The van der Waals surface area contributed by atoms with Gasteiger partial charge in [-0.25, -0.2) is 0 Å². The van der Waals surface area contributed by atoms with Crippen LogP contribution in [0.3, 0.4) is 0 Å². The van der Waals surface area contributed by atoms with Crippen LogP contribution in [0.4, 0.5) is 5.00 Å². The lowest BCUT2D eigenvalue weighted by Gasteiger charge is -2.35. The summed E-state index contributed by atoms with van der Waals surface area (Å²) in [5.41, 5.74) is 0. The summed E-state index contributed by atoms with van der Waals surface area (Å²) in [6, 6.07) is 4.94. The van der Waals surface area contributed by atoms with E-state index in [2.05, 4.69) is 46.6 Å². The predicted molar refractivity (Wildman–Crippen MR) is 71.5 cm³/mol. The maximum Gasteiger partial charge on any atom is 0.0906 e. The largest absolute Gasteiger partial charge is 0.365 e. The number of hydrogen-bond acceptors (Lipinski definition) is 4. The molecule has 3 nitrogen and oxygen atoms in total. The van der Waals surface area contributed by atoms with Gasteiger partial charge >= 0.3 is 0 Å². The summed E-state index contributed by atoms with van der Waals surface area (Å²) in [4.78, 5) is 4.93. The van der Waals surface area contributed by atoms with Crippen molar-refractivity contribution in [1.29, 1.82) is 0 Å². The summed E-state index contributed by atoms with van der Waals surface area (Å²) < 4.78 is 0. The lowest BCUT2D eigenvalue weighted by Crippen LogP contribution is -2.50. The molecule has 2 heterocycles. The standard InChI is InChI=1S/C12H21N3S/c1-11(15-7-5-13-6-8-15)10-14(2)12-4-3-9-16-12/h3-4,9,11,13H,5-8,10H2,1-2H3. The van der Waals surface area contributed by atoms with Crippen LogP contribution in [-0.2, 0) is 0 Å². The molecule has 1 aliphatic rings. The number of nitrogens with zero attached hydrogens (tertiary/aromatic N) is 2. The molecular weight excluding hydrogens is 218 g/mol. The van der Waals surface area contributed by atoms with Crippen LogP contribution in [0, 0.1) is 0 Å². The van der Waals surface area contributed by atoms with Crippen molar-refractivity contribution in [2.24, 2.45) is 0 Å².